The second-order valence-electron chi connectivity index (χ2n) is 6.03. The molecule has 0 aromatic carbocycles. The molecule has 2 unspecified atom stereocenters. The maximum Gasteiger partial charge on any atom is 0.282 e. The van der Waals surface area contributed by atoms with Gasteiger partial charge in [-0.15, -0.1) is 11.6 Å². The SMILES string of the molecule is CCC1CCCN(S(=O)(=O)N2CCCCC2CCl)CC1. The summed E-state index contributed by atoms with van der Waals surface area (Å²) in [7, 11) is -3.32. The molecule has 2 saturated heterocycles. The second-order valence-corrected chi connectivity index (χ2v) is 8.22. The van der Waals surface area contributed by atoms with Gasteiger partial charge in [0.1, 0.15) is 0 Å². The van der Waals surface area contributed by atoms with Crippen molar-refractivity contribution in [3.8, 4) is 0 Å². The highest BCUT2D eigenvalue weighted by Crippen LogP contribution is 2.27. The minimum absolute atomic E-state index is 0.0133. The van der Waals surface area contributed by atoms with Gasteiger partial charge in [0.15, 0.2) is 0 Å². The highest BCUT2D eigenvalue weighted by molar-refractivity contribution is 7.86. The van der Waals surface area contributed by atoms with Crippen molar-refractivity contribution in [2.45, 2.75) is 57.9 Å². The van der Waals surface area contributed by atoms with Crippen LogP contribution in [-0.4, -0.2) is 48.6 Å². The molecule has 0 radical (unpaired) electrons. The second kappa shape index (κ2) is 7.43. The number of alkyl halides is 1. The smallest absolute Gasteiger partial charge is 0.195 e. The van der Waals surface area contributed by atoms with Crippen molar-refractivity contribution in [1.82, 2.24) is 8.61 Å². The maximum absolute atomic E-state index is 12.9. The van der Waals surface area contributed by atoms with Crippen LogP contribution in [0.2, 0.25) is 0 Å². The molecule has 2 aliphatic heterocycles. The zero-order valence-corrected chi connectivity index (χ0v) is 14.0. The van der Waals surface area contributed by atoms with E-state index in [1.165, 1.54) is 0 Å². The molecular formula is C14H27ClN2O2S. The largest absolute Gasteiger partial charge is 0.282 e. The quantitative estimate of drug-likeness (QED) is 0.747. The Morgan fingerprint density at radius 3 is 2.55 bits per heavy atom. The van der Waals surface area contributed by atoms with E-state index in [1.807, 2.05) is 0 Å². The molecule has 2 heterocycles. The summed E-state index contributed by atoms with van der Waals surface area (Å²) in [6.45, 7) is 4.17. The fourth-order valence-electron chi connectivity index (χ4n) is 3.36. The van der Waals surface area contributed by atoms with Crippen LogP contribution in [0.4, 0.5) is 0 Å². The van der Waals surface area contributed by atoms with E-state index in [-0.39, 0.29) is 6.04 Å². The van der Waals surface area contributed by atoms with Crippen molar-refractivity contribution in [2.75, 3.05) is 25.5 Å². The molecule has 0 spiro atoms. The molecule has 0 aromatic heterocycles. The fourth-order valence-corrected chi connectivity index (χ4v) is 5.67. The van der Waals surface area contributed by atoms with Gasteiger partial charge in [-0.25, -0.2) is 0 Å². The Morgan fingerprint density at radius 2 is 1.85 bits per heavy atom. The molecule has 2 rings (SSSR count). The molecule has 0 amide bonds. The highest BCUT2D eigenvalue weighted by atomic mass is 35.5. The van der Waals surface area contributed by atoms with E-state index in [9.17, 15) is 8.42 Å². The summed E-state index contributed by atoms with van der Waals surface area (Å²) >= 11 is 5.97. The lowest BCUT2D eigenvalue weighted by atomic mass is 9.98. The van der Waals surface area contributed by atoms with E-state index in [0.29, 0.717) is 31.4 Å². The summed E-state index contributed by atoms with van der Waals surface area (Å²) in [6.07, 6.45) is 7.23. The molecule has 118 valence electrons. The van der Waals surface area contributed by atoms with Gasteiger partial charge in [-0.1, -0.05) is 19.8 Å². The average Bonchev–Trinajstić information content (AvgIpc) is 2.73. The van der Waals surface area contributed by atoms with Gasteiger partial charge in [-0.05, 0) is 38.0 Å². The highest BCUT2D eigenvalue weighted by Gasteiger charge is 2.36. The van der Waals surface area contributed by atoms with Crippen LogP contribution < -0.4 is 0 Å². The lowest BCUT2D eigenvalue weighted by Crippen LogP contribution is -2.51. The molecule has 20 heavy (non-hydrogen) atoms. The first-order chi connectivity index (χ1) is 9.59. The summed E-state index contributed by atoms with van der Waals surface area (Å²) in [5.41, 5.74) is 0. The lowest BCUT2D eigenvalue weighted by Gasteiger charge is -2.37. The predicted octanol–water partition coefficient (Wildman–Crippen LogP) is 2.84. The Morgan fingerprint density at radius 1 is 1.05 bits per heavy atom. The molecule has 0 saturated carbocycles. The Hall–Kier alpha value is 0.160. The van der Waals surface area contributed by atoms with Crippen molar-refractivity contribution in [3.63, 3.8) is 0 Å². The molecule has 6 heteroatoms. The number of hydrogen-bond acceptors (Lipinski definition) is 2. The first-order valence-electron chi connectivity index (χ1n) is 7.92. The normalized spacial score (nSPS) is 31.1. The van der Waals surface area contributed by atoms with Crippen molar-refractivity contribution in [1.29, 1.82) is 0 Å². The Bertz CT molecular complexity index is 402. The van der Waals surface area contributed by atoms with Gasteiger partial charge < -0.3 is 0 Å². The van der Waals surface area contributed by atoms with Crippen LogP contribution in [0.5, 0.6) is 0 Å². The Balaban J connectivity index is 2.08. The fraction of sp³-hybridized carbons (Fsp3) is 1.00. The van der Waals surface area contributed by atoms with Crippen LogP contribution in [0.25, 0.3) is 0 Å². The standard InChI is InChI=1S/C14H27ClN2O2S/c1-2-13-6-5-9-16(11-8-13)20(18,19)17-10-4-3-7-14(17)12-15/h13-14H,2-12H2,1H3. The van der Waals surface area contributed by atoms with Gasteiger partial charge in [0.2, 0.25) is 0 Å². The lowest BCUT2D eigenvalue weighted by molar-refractivity contribution is 0.246. The van der Waals surface area contributed by atoms with Crippen molar-refractivity contribution >= 4 is 21.8 Å². The predicted molar refractivity (Wildman–Crippen MR) is 83.2 cm³/mol. The molecule has 2 atom stereocenters. The molecule has 4 nitrogen and oxygen atoms in total. The van der Waals surface area contributed by atoms with E-state index >= 15 is 0 Å². The monoisotopic (exact) mass is 322 g/mol. The van der Waals surface area contributed by atoms with Crippen LogP contribution in [-0.2, 0) is 10.2 Å². The van der Waals surface area contributed by atoms with Gasteiger partial charge in [0, 0.05) is 31.6 Å². The summed E-state index contributed by atoms with van der Waals surface area (Å²) in [4.78, 5) is 0. The van der Waals surface area contributed by atoms with Crippen molar-refractivity contribution in [2.24, 2.45) is 5.92 Å². The third-order valence-corrected chi connectivity index (χ3v) is 7.21. The molecule has 0 aliphatic carbocycles. The number of hydrogen-bond donors (Lipinski definition) is 0. The van der Waals surface area contributed by atoms with Gasteiger partial charge in [-0.2, -0.15) is 17.0 Å². The van der Waals surface area contributed by atoms with E-state index in [1.54, 1.807) is 8.61 Å². The zero-order chi connectivity index (χ0) is 14.6. The third-order valence-electron chi connectivity index (χ3n) is 4.76. The van der Waals surface area contributed by atoms with Crippen molar-refractivity contribution < 1.29 is 8.42 Å². The van der Waals surface area contributed by atoms with Crippen LogP contribution in [0.1, 0.15) is 51.9 Å². The van der Waals surface area contributed by atoms with Gasteiger partial charge >= 0.3 is 0 Å². The number of halogens is 1. The summed E-state index contributed by atoms with van der Waals surface area (Å²) in [6, 6.07) is -0.0133. The maximum atomic E-state index is 12.9. The Kier molecular flexibility index (Phi) is 6.14. The van der Waals surface area contributed by atoms with E-state index < -0.39 is 10.2 Å². The molecule has 0 N–H and O–H groups in total. The summed E-state index contributed by atoms with van der Waals surface area (Å²) in [5, 5.41) is 0. The number of rotatable bonds is 4. The van der Waals surface area contributed by atoms with Crippen molar-refractivity contribution in [3.05, 3.63) is 0 Å². The molecule has 0 aromatic rings. The van der Waals surface area contributed by atoms with Crippen LogP contribution >= 0.6 is 11.6 Å². The Labute approximate surface area is 128 Å². The minimum Gasteiger partial charge on any atom is -0.195 e. The number of piperidine rings is 1. The third kappa shape index (κ3) is 3.67. The molecule has 2 fully saturated rings. The van der Waals surface area contributed by atoms with Gasteiger partial charge in [0.05, 0.1) is 0 Å². The van der Waals surface area contributed by atoms with Gasteiger partial charge in [0.25, 0.3) is 10.2 Å². The zero-order valence-electron chi connectivity index (χ0n) is 12.4. The molecule has 0 bridgehead atoms. The molecular weight excluding hydrogens is 296 g/mol. The first-order valence-corrected chi connectivity index (χ1v) is 9.85. The van der Waals surface area contributed by atoms with E-state index in [0.717, 1.165) is 44.9 Å². The van der Waals surface area contributed by atoms with Gasteiger partial charge in [-0.3, -0.25) is 0 Å². The average molecular weight is 323 g/mol. The van der Waals surface area contributed by atoms with E-state index in [4.69, 9.17) is 11.6 Å². The van der Waals surface area contributed by atoms with E-state index in [2.05, 4.69) is 6.92 Å². The summed E-state index contributed by atoms with van der Waals surface area (Å²) < 4.78 is 29.1. The number of nitrogens with zero attached hydrogens (tertiary/aromatic N) is 2. The summed E-state index contributed by atoms with van der Waals surface area (Å²) in [5.74, 6) is 1.09. The van der Waals surface area contributed by atoms with Crippen LogP contribution in [0, 0.1) is 5.92 Å². The first kappa shape index (κ1) is 16.5. The topological polar surface area (TPSA) is 40.6 Å². The minimum atomic E-state index is -3.32. The molecule has 2 aliphatic rings. The van der Waals surface area contributed by atoms with Crippen LogP contribution in [0.3, 0.4) is 0 Å². The van der Waals surface area contributed by atoms with Crippen LogP contribution in [0.15, 0.2) is 0 Å².